The lowest BCUT2D eigenvalue weighted by Gasteiger charge is -2.29. The van der Waals surface area contributed by atoms with E-state index in [9.17, 15) is 0 Å². The Morgan fingerprint density at radius 2 is 0.973 bits per heavy atom. The molecule has 1 unspecified atom stereocenters. The molecule has 37 heavy (non-hydrogen) atoms. The second kappa shape index (κ2) is 14.6. The van der Waals surface area contributed by atoms with Gasteiger partial charge in [-0.3, -0.25) is 0 Å². The molecule has 4 aromatic carbocycles. The van der Waals surface area contributed by atoms with Crippen molar-refractivity contribution in [3.05, 3.63) is 126 Å². The molecular formula is C35H45P2+. The molecule has 0 amide bonds. The lowest BCUT2D eigenvalue weighted by molar-refractivity contribution is 0.573. The maximum absolute atomic E-state index is 3.05. The Labute approximate surface area is 229 Å². The van der Waals surface area contributed by atoms with Crippen molar-refractivity contribution >= 4 is 32.4 Å². The van der Waals surface area contributed by atoms with Crippen LogP contribution < -0.4 is 15.9 Å². The lowest BCUT2D eigenvalue weighted by Crippen LogP contribution is -2.33. The first-order valence-electron chi connectivity index (χ1n) is 14.0. The van der Waals surface area contributed by atoms with Crippen LogP contribution in [0.3, 0.4) is 0 Å². The van der Waals surface area contributed by atoms with E-state index in [1.54, 1.807) is 0 Å². The summed E-state index contributed by atoms with van der Waals surface area (Å²) < 4.78 is 0. The minimum absolute atomic E-state index is 0.284. The second-order valence-corrected chi connectivity index (χ2v) is 14.5. The molecule has 0 saturated carbocycles. The smallest absolute Gasteiger partial charge is 0.112 e. The molecular weight excluding hydrogens is 482 g/mol. The molecule has 0 aliphatic heterocycles. The van der Waals surface area contributed by atoms with Gasteiger partial charge in [-0.15, -0.1) is 9.24 Å². The first kappa shape index (κ1) is 29.3. The van der Waals surface area contributed by atoms with Gasteiger partial charge in [0, 0.05) is 5.16 Å². The Hall–Kier alpha value is -2.26. The van der Waals surface area contributed by atoms with Gasteiger partial charge in [-0.05, 0) is 73.2 Å². The zero-order valence-corrected chi connectivity index (χ0v) is 25.3. The highest BCUT2D eigenvalue weighted by Crippen LogP contribution is 2.55. The Balaban J connectivity index is 0.000000233. The first-order chi connectivity index (χ1) is 18.1. The standard InChI is InChI=1S/C22H24P.C13H21P/c1-2-3-19-23(20-13-7-4-8-14-20,21-15-9-5-10-16-21)22-17-11-6-12-18-22;1-4-11-9-7-8-10-12(11)13(14,5-2)6-3/h4-18H,2-3,19H2,1H3;7-10H,4-6,14H2,1-3H3/q+1;. The van der Waals surface area contributed by atoms with Crippen molar-refractivity contribution in [3.63, 3.8) is 0 Å². The van der Waals surface area contributed by atoms with Crippen molar-refractivity contribution in [2.24, 2.45) is 0 Å². The van der Waals surface area contributed by atoms with E-state index in [4.69, 9.17) is 0 Å². The molecule has 0 aromatic heterocycles. The Kier molecular flexibility index (Phi) is 11.6. The van der Waals surface area contributed by atoms with Crippen molar-refractivity contribution in [2.45, 2.75) is 65.0 Å². The fraction of sp³-hybridized carbons (Fsp3) is 0.314. The maximum atomic E-state index is 3.05. The van der Waals surface area contributed by atoms with Crippen LogP contribution in [0.5, 0.6) is 0 Å². The molecule has 0 spiro atoms. The number of benzene rings is 4. The van der Waals surface area contributed by atoms with Crippen LogP contribution in [0.15, 0.2) is 115 Å². The molecule has 0 aliphatic carbocycles. The van der Waals surface area contributed by atoms with Gasteiger partial charge in [0.05, 0.1) is 6.16 Å². The number of hydrogen-bond donors (Lipinski definition) is 0. The molecule has 0 radical (unpaired) electrons. The summed E-state index contributed by atoms with van der Waals surface area (Å²) in [5.41, 5.74) is 3.00. The fourth-order valence-electron chi connectivity index (χ4n) is 5.22. The van der Waals surface area contributed by atoms with Gasteiger partial charge in [0.1, 0.15) is 23.2 Å². The van der Waals surface area contributed by atoms with Crippen LogP contribution in [0.2, 0.25) is 0 Å². The zero-order valence-electron chi connectivity index (χ0n) is 23.2. The minimum atomic E-state index is -1.57. The van der Waals surface area contributed by atoms with E-state index in [1.807, 2.05) is 0 Å². The molecule has 1 atom stereocenters. The highest BCUT2D eigenvalue weighted by atomic mass is 31.2. The van der Waals surface area contributed by atoms with Gasteiger partial charge in [0.2, 0.25) is 0 Å². The zero-order chi connectivity index (χ0) is 26.6. The third-order valence-corrected chi connectivity index (χ3v) is 13.3. The van der Waals surface area contributed by atoms with E-state index in [2.05, 4.69) is 152 Å². The van der Waals surface area contributed by atoms with Gasteiger partial charge in [0.25, 0.3) is 0 Å². The Morgan fingerprint density at radius 1 is 0.568 bits per heavy atom. The van der Waals surface area contributed by atoms with Gasteiger partial charge in [-0.25, -0.2) is 0 Å². The molecule has 4 aromatic rings. The fourth-order valence-corrected chi connectivity index (χ4v) is 10.0. The summed E-state index contributed by atoms with van der Waals surface area (Å²) in [4.78, 5) is 0. The van der Waals surface area contributed by atoms with Crippen molar-refractivity contribution in [3.8, 4) is 0 Å². The van der Waals surface area contributed by atoms with Crippen molar-refractivity contribution in [2.75, 3.05) is 6.16 Å². The predicted octanol–water partition coefficient (Wildman–Crippen LogP) is 8.92. The van der Waals surface area contributed by atoms with E-state index in [-0.39, 0.29) is 5.16 Å². The van der Waals surface area contributed by atoms with Gasteiger partial charge >= 0.3 is 0 Å². The summed E-state index contributed by atoms with van der Waals surface area (Å²) >= 11 is 0. The van der Waals surface area contributed by atoms with E-state index < -0.39 is 7.26 Å². The quantitative estimate of drug-likeness (QED) is 0.181. The predicted molar refractivity (Wildman–Crippen MR) is 173 cm³/mol. The van der Waals surface area contributed by atoms with Gasteiger partial charge in [-0.2, -0.15) is 0 Å². The van der Waals surface area contributed by atoms with Crippen molar-refractivity contribution in [1.29, 1.82) is 0 Å². The lowest BCUT2D eigenvalue weighted by atomic mass is 9.88. The molecule has 0 bridgehead atoms. The molecule has 0 aliphatic rings. The number of aryl methyl sites for hydroxylation is 1. The third-order valence-electron chi connectivity index (χ3n) is 7.63. The summed E-state index contributed by atoms with van der Waals surface area (Å²) in [7, 11) is 1.48. The molecule has 0 fully saturated rings. The highest BCUT2D eigenvalue weighted by molar-refractivity contribution is 7.95. The van der Waals surface area contributed by atoms with Crippen LogP contribution >= 0.6 is 16.5 Å². The molecule has 0 nitrogen and oxygen atoms in total. The second-order valence-electron chi connectivity index (χ2n) is 9.77. The molecule has 4 rings (SSSR count). The summed E-state index contributed by atoms with van der Waals surface area (Å²) in [6.07, 6.45) is 7.23. The Morgan fingerprint density at radius 3 is 1.35 bits per heavy atom. The largest absolute Gasteiger partial charge is 0.126 e. The molecule has 2 heteroatoms. The summed E-state index contributed by atoms with van der Waals surface area (Å²) in [5, 5.41) is 4.76. The summed E-state index contributed by atoms with van der Waals surface area (Å²) in [5.74, 6) is 0. The van der Waals surface area contributed by atoms with Crippen molar-refractivity contribution < 1.29 is 0 Å². The molecule has 0 N–H and O–H groups in total. The van der Waals surface area contributed by atoms with Crippen LogP contribution in [-0.2, 0) is 11.6 Å². The highest BCUT2D eigenvalue weighted by Gasteiger charge is 2.44. The number of rotatable bonds is 10. The summed E-state index contributed by atoms with van der Waals surface area (Å²) in [6, 6.07) is 42.2. The monoisotopic (exact) mass is 527 g/mol. The molecule has 194 valence electrons. The molecule has 0 heterocycles. The SMILES string of the molecule is CCCC[P+](c1ccccc1)(c1ccccc1)c1ccccc1.CCc1ccccc1C(P)(CC)CC. The molecule has 0 saturated heterocycles. The van der Waals surface area contributed by atoms with E-state index in [0.29, 0.717) is 0 Å². The number of hydrogen-bond acceptors (Lipinski definition) is 0. The summed E-state index contributed by atoms with van der Waals surface area (Å²) in [6.45, 7) is 9.05. The third kappa shape index (κ3) is 6.99. The van der Waals surface area contributed by atoms with E-state index >= 15 is 0 Å². The van der Waals surface area contributed by atoms with Crippen molar-refractivity contribution in [1.82, 2.24) is 0 Å². The Bertz CT molecular complexity index is 1070. The van der Waals surface area contributed by atoms with Gasteiger partial charge in [-0.1, -0.05) is 113 Å². The maximum Gasteiger partial charge on any atom is 0.112 e. The van der Waals surface area contributed by atoms with E-state index in [0.717, 1.165) is 6.42 Å². The van der Waals surface area contributed by atoms with Crippen LogP contribution in [-0.4, -0.2) is 6.16 Å². The van der Waals surface area contributed by atoms with Crippen LogP contribution in [0, 0.1) is 0 Å². The van der Waals surface area contributed by atoms with Crippen LogP contribution in [0.1, 0.15) is 64.5 Å². The normalized spacial score (nSPS) is 11.5. The van der Waals surface area contributed by atoms with Crippen LogP contribution in [0.25, 0.3) is 0 Å². The average molecular weight is 528 g/mol. The topological polar surface area (TPSA) is 0 Å². The average Bonchev–Trinajstić information content (AvgIpc) is 2.99. The first-order valence-corrected chi connectivity index (χ1v) is 16.5. The van der Waals surface area contributed by atoms with E-state index in [1.165, 1.54) is 58.9 Å². The van der Waals surface area contributed by atoms with Gasteiger partial charge < -0.3 is 0 Å². The minimum Gasteiger partial charge on any atom is -0.126 e. The van der Waals surface area contributed by atoms with Crippen LogP contribution in [0.4, 0.5) is 0 Å². The van der Waals surface area contributed by atoms with Gasteiger partial charge in [0.15, 0.2) is 0 Å². The number of unbranched alkanes of at least 4 members (excludes halogenated alkanes) is 1.